The van der Waals surface area contributed by atoms with Gasteiger partial charge in [0.1, 0.15) is 32.5 Å². The van der Waals surface area contributed by atoms with Gasteiger partial charge in [-0.05, 0) is 11.5 Å². The average Bonchev–Trinajstić information content (AvgIpc) is 3.37. The van der Waals surface area contributed by atoms with Gasteiger partial charge in [0.2, 0.25) is 35.4 Å². The first kappa shape index (κ1) is 41.3. The first-order valence-electron chi connectivity index (χ1n) is 16.4. The van der Waals surface area contributed by atoms with E-state index in [9.17, 15) is 38.4 Å². The number of nitrogens with zero attached hydrogens (tertiary/aromatic N) is 1. The Morgan fingerprint density at radius 3 is 2.12 bits per heavy atom. The first-order valence-corrected chi connectivity index (χ1v) is 16.4. The molecule has 1 aliphatic rings. The standard InChI is InChI=1S/C33H48N6O11/c1-21(2)24-15-30(44)39(32(24)46)10-11-48-12-13-50-33(47)36-17-27(41)34-18-29(43)38-25(14-23-8-6-5-7-9-23)31(45)35-16-28(42)37-20-49-19-26(40)22(3)4/h5-9,21-22,24-25H,10-20H2,1-4H3,(H,34,41)(H,35,45)(H,36,47)(H,37,42)(H,38,43)/t24?,25-/m0/s1. The maximum absolute atomic E-state index is 12.9. The van der Waals surface area contributed by atoms with Crippen molar-refractivity contribution in [1.82, 2.24) is 31.5 Å². The van der Waals surface area contributed by atoms with E-state index in [0.29, 0.717) is 0 Å². The lowest BCUT2D eigenvalue weighted by molar-refractivity contribution is -0.140. The number of benzene rings is 1. The molecule has 276 valence electrons. The van der Waals surface area contributed by atoms with Crippen molar-refractivity contribution in [2.75, 3.05) is 59.3 Å². The summed E-state index contributed by atoms with van der Waals surface area (Å²) >= 11 is 0. The van der Waals surface area contributed by atoms with Gasteiger partial charge in [-0.25, -0.2) is 4.79 Å². The number of imide groups is 1. The van der Waals surface area contributed by atoms with Crippen molar-refractivity contribution in [2.45, 2.75) is 46.6 Å². The van der Waals surface area contributed by atoms with Gasteiger partial charge in [-0.2, -0.15) is 0 Å². The molecule has 0 saturated carbocycles. The Balaban J connectivity index is 1.67. The fourth-order valence-electron chi connectivity index (χ4n) is 4.47. The Morgan fingerprint density at radius 2 is 1.46 bits per heavy atom. The van der Waals surface area contributed by atoms with Crippen LogP contribution in [0, 0.1) is 17.8 Å². The van der Waals surface area contributed by atoms with Crippen LogP contribution in [0.1, 0.15) is 39.7 Å². The number of hydrogen-bond acceptors (Lipinski definition) is 11. The van der Waals surface area contributed by atoms with E-state index in [0.717, 1.165) is 5.56 Å². The van der Waals surface area contributed by atoms with Crippen molar-refractivity contribution >= 4 is 47.3 Å². The lowest BCUT2D eigenvalue weighted by atomic mass is 9.94. The highest BCUT2D eigenvalue weighted by Crippen LogP contribution is 2.25. The minimum Gasteiger partial charge on any atom is -0.447 e. The molecule has 1 aromatic carbocycles. The number of amides is 7. The molecule has 5 N–H and O–H groups in total. The van der Waals surface area contributed by atoms with Gasteiger partial charge in [0.25, 0.3) is 0 Å². The van der Waals surface area contributed by atoms with Crippen LogP contribution in [0.5, 0.6) is 0 Å². The Hall–Kier alpha value is -4.90. The Bertz CT molecular complexity index is 1340. The molecule has 1 aliphatic heterocycles. The Labute approximate surface area is 290 Å². The van der Waals surface area contributed by atoms with E-state index in [1.807, 2.05) is 13.8 Å². The molecule has 1 unspecified atom stereocenters. The van der Waals surface area contributed by atoms with Gasteiger partial charge in [-0.3, -0.25) is 38.5 Å². The zero-order chi connectivity index (χ0) is 37.1. The molecule has 1 saturated heterocycles. The number of Topliss-reactive ketones (excluding diaryl/α,β-unsaturated/α-hetero) is 1. The molecule has 50 heavy (non-hydrogen) atoms. The smallest absolute Gasteiger partial charge is 0.407 e. The van der Waals surface area contributed by atoms with Gasteiger partial charge in [0, 0.05) is 24.7 Å². The van der Waals surface area contributed by atoms with Gasteiger partial charge in [-0.1, -0.05) is 58.0 Å². The predicted octanol–water partition coefficient (Wildman–Crippen LogP) is -0.964. The van der Waals surface area contributed by atoms with Crippen molar-refractivity contribution in [2.24, 2.45) is 17.8 Å². The number of alkyl carbamates (subject to hydrolysis) is 1. The summed E-state index contributed by atoms with van der Waals surface area (Å²) in [5.74, 6) is -3.65. The van der Waals surface area contributed by atoms with E-state index >= 15 is 0 Å². The van der Waals surface area contributed by atoms with Crippen LogP contribution in [-0.4, -0.2) is 118 Å². The summed E-state index contributed by atoms with van der Waals surface area (Å²) in [6.45, 7) is 5.49. The molecule has 7 amide bonds. The molecular weight excluding hydrogens is 656 g/mol. The zero-order valence-electron chi connectivity index (χ0n) is 28.9. The summed E-state index contributed by atoms with van der Waals surface area (Å²) < 4.78 is 15.4. The molecule has 0 radical (unpaired) electrons. The molecular formula is C33H48N6O11. The second-order valence-electron chi connectivity index (χ2n) is 12.1. The highest BCUT2D eigenvalue weighted by Gasteiger charge is 2.39. The van der Waals surface area contributed by atoms with Crippen LogP contribution in [0.25, 0.3) is 0 Å². The highest BCUT2D eigenvalue weighted by atomic mass is 16.6. The maximum Gasteiger partial charge on any atom is 0.407 e. The summed E-state index contributed by atoms with van der Waals surface area (Å²) in [6.07, 6.45) is -0.621. The number of carbonyl (C=O) groups excluding carboxylic acids is 8. The van der Waals surface area contributed by atoms with Gasteiger partial charge in [0.05, 0.1) is 32.8 Å². The fourth-order valence-corrected chi connectivity index (χ4v) is 4.47. The van der Waals surface area contributed by atoms with Gasteiger partial charge < -0.3 is 40.8 Å². The fraction of sp³-hybridized carbons (Fsp3) is 0.576. The molecule has 2 atom stereocenters. The number of ether oxygens (including phenoxy) is 3. The van der Waals surface area contributed by atoms with Crippen molar-refractivity contribution in [3.63, 3.8) is 0 Å². The molecule has 0 spiro atoms. The minimum atomic E-state index is -1.09. The minimum absolute atomic E-state index is 0.00103. The third-order valence-corrected chi connectivity index (χ3v) is 7.46. The zero-order valence-corrected chi connectivity index (χ0v) is 28.9. The van der Waals surface area contributed by atoms with Crippen LogP contribution >= 0.6 is 0 Å². The second kappa shape index (κ2) is 21.9. The number of nitrogens with one attached hydrogen (secondary N) is 5. The topological polar surface area (TPSA) is 228 Å². The molecule has 17 nitrogen and oxygen atoms in total. The number of ketones is 1. The van der Waals surface area contributed by atoms with Crippen molar-refractivity contribution in [1.29, 1.82) is 0 Å². The summed E-state index contributed by atoms with van der Waals surface area (Å²) in [4.78, 5) is 98.8. The summed E-state index contributed by atoms with van der Waals surface area (Å²) in [7, 11) is 0. The normalized spacial score (nSPS) is 14.7. The van der Waals surface area contributed by atoms with E-state index in [1.165, 1.54) is 4.90 Å². The Kier molecular flexibility index (Phi) is 18.1. The van der Waals surface area contributed by atoms with Crippen LogP contribution in [0.15, 0.2) is 30.3 Å². The van der Waals surface area contributed by atoms with Gasteiger partial charge in [0.15, 0.2) is 5.78 Å². The van der Waals surface area contributed by atoms with E-state index < -0.39 is 55.4 Å². The average molecular weight is 705 g/mol. The van der Waals surface area contributed by atoms with E-state index in [1.54, 1.807) is 44.2 Å². The highest BCUT2D eigenvalue weighted by molar-refractivity contribution is 6.03. The van der Waals surface area contributed by atoms with Gasteiger partial charge >= 0.3 is 6.09 Å². The third-order valence-electron chi connectivity index (χ3n) is 7.46. The largest absolute Gasteiger partial charge is 0.447 e. The number of carbonyl (C=O) groups is 8. The van der Waals surface area contributed by atoms with Crippen molar-refractivity contribution in [3.05, 3.63) is 35.9 Å². The summed E-state index contributed by atoms with van der Waals surface area (Å²) in [6, 6.07) is 7.75. The monoisotopic (exact) mass is 704 g/mol. The summed E-state index contributed by atoms with van der Waals surface area (Å²) in [5.41, 5.74) is 0.731. The van der Waals surface area contributed by atoms with Crippen molar-refractivity contribution < 1.29 is 52.6 Å². The van der Waals surface area contributed by atoms with E-state index in [4.69, 9.17) is 14.2 Å². The molecule has 0 bridgehead atoms. The number of hydrogen-bond donors (Lipinski definition) is 5. The molecule has 2 rings (SSSR count). The molecule has 1 fully saturated rings. The van der Waals surface area contributed by atoms with Crippen LogP contribution in [0.3, 0.4) is 0 Å². The quantitative estimate of drug-likeness (QED) is 0.0561. The molecule has 1 heterocycles. The second-order valence-corrected chi connectivity index (χ2v) is 12.1. The molecule has 1 aromatic rings. The third kappa shape index (κ3) is 15.5. The summed E-state index contributed by atoms with van der Waals surface area (Å²) in [5, 5.41) is 12.0. The number of rotatable bonds is 22. The van der Waals surface area contributed by atoms with Crippen LogP contribution in [-0.2, 0) is 54.2 Å². The Morgan fingerprint density at radius 1 is 0.800 bits per heavy atom. The molecule has 17 heteroatoms. The lowest BCUT2D eigenvalue weighted by Crippen LogP contribution is -2.52. The van der Waals surface area contributed by atoms with Gasteiger partial charge in [-0.15, -0.1) is 0 Å². The van der Waals surface area contributed by atoms with Crippen LogP contribution in [0.2, 0.25) is 0 Å². The SMILES string of the molecule is CC(C)C(=O)COCNC(=O)CNC(=O)[C@H](Cc1ccccc1)NC(=O)CNC(=O)CNC(=O)OCCOCCN1C(=O)CC(C(C)C)C1=O. The van der Waals surface area contributed by atoms with E-state index in [2.05, 4.69) is 26.6 Å². The van der Waals surface area contributed by atoms with E-state index in [-0.39, 0.29) is 87.9 Å². The molecule has 0 aromatic heterocycles. The van der Waals surface area contributed by atoms with Crippen LogP contribution in [0.4, 0.5) is 4.79 Å². The predicted molar refractivity (Wildman–Crippen MR) is 177 cm³/mol. The molecule has 0 aliphatic carbocycles. The van der Waals surface area contributed by atoms with Crippen molar-refractivity contribution in [3.8, 4) is 0 Å². The lowest BCUT2D eigenvalue weighted by Gasteiger charge is -2.19. The maximum atomic E-state index is 12.9. The van der Waals surface area contributed by atoms with Crippen LogP contribution < -0.4 is 26.6 Å². The first-order chi connectivity index (χ1) is 23.8. The number of likely N-dealkylation sites (tertiary alicyclic amines) is 1.